The van der Waals surface area contributed by atoms with Crippen molar-refractivity contribution in [2.24, 2.45) is 0 Å². The molecule has 0 aliphatic rings. The predicted molar refractivity (Wildman–Crippen MR) is 81.6 cm³/mol. The Balaban J connectivity index is 2.02. The maximum absolute atomic E-state index is 5.80. The number of nitrogens with zero attached hydrogens (tertiary/aromatic N) is 1. The van der Waals surface area contributed by atoms with Gasteiger partial charge in [0.05, 0.1) is 12.8 Å². The van der Waals surface area contributed by atoms with E-state index in [0.717, 1.165) is 35.2 Å². The number of benzene rings is 1. The van der Waals surface area contributed by atoms with E-state index >= 15 is 0 Å². The van der Waals surface area contributed by atoms with Crippen molar-refractivity contribution in [3.8, 4) is 11.5 Å². The summed E-state index contributed by atoms with van der Waals surface area (Å²) < 4.78 is 11.2. The molecule has 5 heteroatoms. The smallest absolute Gasteiger partial charge is 0.161 e. The summed E-state index contributed by atoms with van der Waals surface area (Å²) in [5.74, 6) is 1.53. The molecule has 0 saturated carbocycles. The van der Waals surface area contributed by atoms with Gasteiger partial charge in [0.15, 0.2) is 11.5 Å². The molecule has 0 bridgehead atoms. The Morgan fingerprint density at radius 3 is 2.85 bits per heavy atom. The van der Waals surface area contributed by atoms with Gasteiger partial charge in [-0.05, 0) is 31.2 Å². The molecule has 0 fully saturated rings. The molecule has 0 saturated heterocycles. The molecular weight excluding hydrogens is 272 g/mol. The van der Waals surface area contributed by atoms with Crippen molar-refractivity contribution in [1.29, 1.82) is 0 Å². The molecule has 0 radical (unpaired) electrons. The Labute approximate surface area is 123 Å². The number of thiazole rings is 1. The van der Waals surface area contributed by atoms with E-state index in [9.17, 15) is 0 Å². The molecule has 20 heavy (non-hydrogen) atoms. The topological polar surface area (TPSA) is 43.4 Å². The van der Waals surface area contributed by atoms with Crippen LogP contribution >= 0.6 is 11.3 Å². The normalized spacial score (nSPS) is 10.6. The second-order valence-corrected chi connectivity index (χ2v) is 5.33. The van der Waals surface area contributed by atoms with E-state index in [1.807, 2.05) is 24.6 Å². The number of hydrogen-bond acceptors (Lipinski definition) is 5. The van der Waals surface area contributed by atoms with Crippen LogP contribution in [0, 0.1) is 0 Å². The van der Waals surface area contributed by atoms with Gasteiger partial charge in [0, 0.05) is 11.9 Å². The average Bonchev–Trinajstić information content (AvgIpc) is 2.93. The molecule has 1 N–H and O–H groups in total. The first-order valence-corrected chi connectivity index (χ1v) is 7.52. The molecule has 1 heterocycles. The second kappa shape index (κ2) is 7.26. The minimum atomic E-state index is 0.460. The largest absolute Gasteiger partial charge is 0.493 e. The lowest BCUT2D eigenvalue weighted by molar-refractivity contribution is 0.281. The zero-order chi connectivity index (χ0) is 14.4. The molecule has 4 nitrogen and oxygen atoms in total. The summed E-state index contributed by atoms with van der Waals surface area (Å²) in [7, 11) is 3.58. The minimum absolute atomic E-state index is 0.460. The van der Waals surface area contributed by atoms with Crippen molar-refractivity contribution in [2.45, 2.75) is 26.5 Å². The zero-order valence-corrected chi connectivity index (χ0v) is 12.9. The summed E-state index contributed by atoms with van der Waals surface area (Å²) in [6, 6.07) is 6.03. The molecule has 0 amide bonds. The van der Waals surface area contributed by atoms with Crippen molar-refractivity contribution in [3.63, 3.8) is 0 Å². The van der Waals surface area contributed by atoms with Crippen LogP contribution in [0.4, 0.5) is 0 Å². The van der Waals surface area contributed by atoms with E-state index in [0.29, 0.717) is 6.61 Å². The third-order valence-electron chi connectivity index (χ3n) is 2.94. The fourth-order valence-corrected chi connectivity index (χ4v) is 2.64. The van der Waals surface area contributed by atoms with E-state index in [2.05, 4.69) is 23.3 Å². The van der Waals surface area contributed by atoms with Crippen molar-refractivity contribution >= 4 is 11.3 Å². The van der Waals surface area contributed by atoms with Crippen molar-refractivity contribution in [2.75, 3.05) is 14.2 Å². The third-order valence-corrected chi connectivity index (χ3v) is 3.84. The van der Waals surface area contributed by atoms with Crippen LogP contribution in [0.1, 0.15) is 23.2 Å². The Morgan fingerprint density at radius 2 is 2.15 bits per heavy atom. The number of hydrogen-bond donors (Lipinski definition) is 1. The molecule has 0 aliphatic heterocycles. The molecule has 0 aliphatic carbocycles. The monoisotopic (exact) mass is 292 g/mol. The maximum Gasteiger partial charge on any atom is 0.161 e. The van der Waals surface area contributed by atoms with Gasteiger partial charge in [-0.3, -0.25) is 0 Å². The quantitative estimate of drug-likeness (QED) is 0.852. The van der Waals surface area contributed by atoms with Crippen LogP contribution in [-0.4, -0.2) is 19.1 Å². The van der Waals surface area contributed by atoms with Gasteiger partial charge in [-0.2, -0.15) is 0 Å². The number of nitrogens with one attached hydrogen (secondary N) is 1. The Kier molecular flexibility index (Phi) is 5.38. The molecule has 2 rings (SSSR count). The number of aryl methyl sites for hydroxylation is 1. The van der Waals surface area contributed by atoms with E-state index in [4.69, 9.17) is 9.47 Å². The van der Waals surface area contributed by atoms with E-state index in [1.54, 1.807) is 18.4 Å². The van der Waals surface area contributed by atoms with Gasteiger partial charge < -0.3 is 14.8 Å². The second-order valence-electron chi connectivity index (χ2n) is 4.39. The van der Waals surface area contributed by atoms with E-state index in [-0.39, 0.29) is 0 Å². The molecule has 1 aromatic carbocycles. The average molecular weight is 292 g/mol. The van der Waals surface area contributed by atoms with Gasteiger partial charge in [0.2, 0.25) is 0 Å². The summed E-state index contributed by atoms with van der Waals surface area (Å²) in [4.78, 5) is 4.49. The highest BCUT2D eigenvalue weighted by Gasteiger charge is 2.07. The Bertz CT molecular complexity index is 555. The van der Waals surface area contributed by atoms with Crippen LogP contribution in [-0.2, 0) is 19.6 Å². The number of methoxy groups -OCH3 is 1. The molecule has 108 valence electrons. The maximum atomic E-state index is 5.80. The van der Waals surface area contributed by atoms with Crippen molar-refractivity contribution in [1.82, 2.24) is 10.3 Å². The van der Waals surface area contributed by atoms with Crippen LogP contribution in [0.2, 0.25) is 0 Å². The van der Waals surface area contributed by atoms with Crippen LogP contribution in [0.3, 0.4) is 0 Å². The summed E-state index contributed by atoms with van der Waals surface area (Å²) >= 11 is 1.64. The van der Waals surface area contributed by atoms with E-state index < -0.39 is 0 Å². The first-order valence-electron chi connectivity index (χ1n) is 6.64. The first-order chi connectivity index (χ1) is 9.76. The zero-order valence-electron chi connectivity index (χ0n) is 12.1. The molecule has 0 unspecified atom stereocenters. The first kappa shape index (κ1) is 14.8. The van der Waals surface area contributed by atoms with Crippen molar-refractivity contribution in [3.05, 3.63) is 39.8 Å². The molecule has 0 atom stereocenters. The highest BCUT2D eigenvalue weighted by atomic mass is 32.1. The lowest BCUT2D eigenvalue weighted by atomic mass is 10.1. The summed E-state index contributed by atoms with van der Waals surface area (Å²) in [5, 5.41) is 6.19. The van der Waals surface area contributed by atoms with Gasteiger partial charge in [-0.1, -0.05) is 13.0 Å². The molecule has 2 aromatic rings. The highest BCUT2D eigenvalue weighted by molar-refractivity contribution is 7.09. The van der Waals surface area contributed by atoms with Crippen LogP contribution in [0.15, 0.2) is 23.6 Å². The Morgan fingerprint density at radius 1 is 1.30 bits per heavy atom. The SMILES string of the molecule is CCc1ccc(OCc2csc(CNC)n2)c(OC)c1. The molecule has 0 spiro atoms. The standard InChI is InChI=1S/C15H20N2O2S/c1-4-11-5-6-13(14(7-11)18-3)19-9-12-10-20-15(17-12)8-16-2/h5-7,10,16H,4,8-9H2,1-3H3. The minimum Gasteiger partial charge on any atom is -0.493 e. The number of aromatic nitrogens is 1. The summed E-state index contributed by atoms with van der Waals surface area (Å²) in [6.45, 7) is 3.37. The summed E-state index contributed by atoms with van der Waals surface area (Å²) in [5.41, 5.74) is 2.18. The molecule has 1 aromatic heterocycles. The lowest BCUT2D eigenvalue weighted by Crippen LogP contribution is -2.05. The number of ether oxygens (including phenoxy) is 2. The summed E-state index contributed by atoms with van der Waals surface area (Å²) in [6.07, 6.45) is 0.982. The van der Waals surface area contributed by atoms with Gasteiger partial charge in [-0.25, -0.2) is 4.98 Å². The lowest BCUT2D eigenvalue weighted by Gasteiger charge is -2.10. The van der Waals surface area contributed by atoms with Crippen molar-refractivity contribution < 1.29 is 9.47 Å². The Hall–Kier alpha value is -1.59. The van der Waals surface area contributed by atoms with Gasteiger partial charge in [-0.15, -0.1) is 11.3 Å². The van der Waals surface area contributed by atoms with Crippen LogP contribution in [0.5, 0.6) is 11.5 Å². The van der Waals surface area contributed by atoms with Gasteiger partial charge in [0.1, 0.15) is 11.6 Å². The number of rotatable bonds is 7. The predicted octanol–water partition coefficient (Wildman–Crippen LogP) is 3.01. The van der Waals surface area contributed by atoms with Gasteiger partial charge >= 0.3 is 0 Å². The fourth-order valence-electron chi connectivity index (χ4n) is 1.85. The highest BCUT2D eigenvalue weighted by Crippen LogP contribution is 2.29. The van der Waals surface area contributed by atoms with Gasteiger partial charge in [0.25, 0.3) is 0 Å². The fraction of sp³-hybridized carbons (Fsp3) is 0.400. The van der Waals surface area contributed by atoms with Crippen LogP contribution < -0.4 is 14.8 Å². The van der Waals surface area contributed by atoms with E-state index in [1.165, 1.54) is 5.56 Å². The molecular formula is C15H20N2O2S. The third kappa shape index (κ3) is 3.71. The van der Waals surface area contributed by atoms with Crippen LogP contribution in [0.25, 0.3) is 0 Å².